The normalized spacial score (nSPS) is 14.0. The molecule has 0 atom stereocenters. The second-order valence-corrected chi connectivity index (χ2v) is 17.7. The van der Waals surface area contributed by atoms with Crippen LogP contribution in [-0.4, -0.2) is 16.4 Å². The van der Waals surface area contributed by atoms with Crippen LogP contribution in [0.3, 0.4) is 0 Å². The maximum atomic E-state index is 5.94. The van der Waals surface area contributed by atoms with Crippen LogP contribution in [0.5, 0.6) is 0 Å². The molecule has 17 heavy (non-hydrogen) atoms. The molecule has 0 rings (SSSR count). The third-order valence-electron chi connectivity index (χ3n) is 4.35. The fraction of sp³-hybridized carbons (Fsp3) is 0.857. The van der Waals surface area contributed by atoms with Crippen molar-refractivity contribution in [1.29, 1.82) is 0 Å². The molecule has 0 fully saturated rings. The van der Waals surface area contributed by atoms with E-state index in [1.165, 1.54) is 0 Å². The topological polar surface area (TPSA) is 9.23 Å². The highest BCUT2D eigenvalue weighted by Crippen LogP contribution is 2.37. The molecule has 3 heteroatoms. The Morgan fingerprint density at radius 2 is 1.18 bits per heavy atom. The van der Waals surface area contributed by atoms with E-state index in [9.17, 15) is 0 Å². The van der Waals surface area contributed by atoms with Crippen molar-refractivity contribution in [2.45, 2.75) is 77.8 Å². The van der Waals surface area contributed by atoms with Crippen molar-refractivity contribution in [3.05, 3.63) is 0 Å². The first kappa shape index (κ1) is 16.8. The van der Waals surface area contributed by atoms with Gasteiger partial charge in [0.25, 0.3) is 8.32 Å². The highest BCUT2D eigenvalue weighted by atomic mass is 28.4. The molecular weight excluding hydrogens is 240 g/mol. The zero-order valence-corrected chi connectivity index (χ0v) is 15.4. The first-order valence-electron chi connectivity index (χ1n) is 6.41. The van der Waals surface area contributed by atoms with Crippen molar-refractivity contribution in [1.82, 2.24) is 0 Å². The van der Waals surface area contributed by atoms with Gasteiger partial charge >= 0.3 is 0 Å². The summed E-state index contributed by atoms with van der Waals surface area (Å²) >= 11 is 0. The van der Waals surface area contributed by atoms with Crippen molar-refractivity contribution in [2.24, 2.45) is 0 Å². The smallest absolute Gasteiger partial charge is 0.264 e. The molecule has 0 aromatic heterocycles. The van der Waals surface area contributed by atoms with E-state index in [-0.39, 0.29) is 5.04 Å². The standard InChI is InChI=1S/C14H30OSi2/c1-13(2,3)16(7,8)12-11-15-17(9,10)14(4,5)6/h1-10H3. The molecular formula is C14H30OSi2. The Hall–Kier alpha value is -0.206. The van der Waals surface area contributed by atoms with E-state index in [1.54, 1.807) is 0 Å². The van der Waals surface area contributed by atoms with Crippen LogP contribution in [0, 0.1) is 11.7 Å². The van der Waals surface area contributed by atoms with Gasteiger partial charge in [-0.15, -0.1) is 0 Å². The zero-order valence-electron chi connectivity index (χ0n) is 13.4. The average molecular weight is 271 g/mol. The molecule has 0 aromatic rings. The fourth-order valence-electron chi connectivity index (χ4n) is 0.621. The second-order valence-electron chi connectivity index (χ2n) is 7.96. The van der Waals surface area contributed by atoms with Gasteiger partial charge < -0.3 is 4.43 Å². The summed E-state index contributed by atoms with van der Waals surface area (Å²) < 4.78 is 5.94. The molecule has 100 valence electrons. The maximum absolute atomic E-state index is 5.94. The summed E-state index contributed by atoms with van der Waals surface area (Å²) in [7, 11) is -3.24. The Morgan fingerprint density at radius 3 is 1.47 bits per heavy atom. The van der Waals surface area contributed by atoms with Crippen LogP contribution in [0.1, 0.15) is 41.5 Å². The van der Waals surface area contributed by atoms with E-state index in [2.05, 4.69) is 79.4 Å². The Balaban J connectivity index is 4.83. The van der Waals surface area contributed by atoms with Crippen molar-refractivity contribution < 1.29 is 4.43 Å². The minimum Gasteiger partial charge on any atom is -0.501 e. The van der Waals surface area contributed by atoms with Crippen molar-refractivity contribution in [2.75, 3.05) is 0 Å². The molecule has 0 unspecified atom stereocenters. The lowest BCUT2D eigenvalue weighted by molar-refractivity contribution is 0.461. The summed E-state index contributed by atoms with van der Waals surface area (Å²) in [6.07, 6.45) is 3.05. The quantitative estimate of drug-likeness (QED) is 0.480. The largest absolute Gasteiger partial charge is 0.501 e. The van der Waals surface area contributed by atoms with E-state index in [0.29, 0.717) is 5.04 Å². The monoisotopic (exact) mass is 270 g/mol. The minimum absolute atomic E-state index is 0.231. The number of hydrogen-bond acceptors (Lipinski definition) is 1. The number of hydrogen-bond donors (Lipinski definition) is 0. The lowest BCUT2D eigenvalue weighted by atomic mass is 10.2. The predicted molar refractivity (Wildman–Crippen MR) is 83.3 cm³/mol. The van der Waals surface area contributed by atoms with E-state index in [0.717, 1.165) is 0 Å². The van der Waals surface area contributed by atoms with Gasteiger partial charge in [0.15, 0.2) is 0 Å². The molecule has 0 bridgehead atoms. The van der Waals surface area contributed by atoms with E-state index >= 15 is 0 Å². The Labute approximate surface area is 110 Å². The lowest BCUT2D eigenvalue weighted by Crippen LogP contribution is -2.40. The van der Waals surface area contributed by atoms with Crippen LogP contribution in [0.4, 0.5) is 0 Å². The van der Waals surface area contributed by atoms with Gasteiger partial charge in [-0.3, -0.25) is 0 Å². The molecule has 0 saturated carbocycles. The van der Waals surface area contributed by atoms with Crippen LogP contribution in [0.2, 0.25) is 36.3 Å². The molecule has 0 saturated heterocycles. The van der Waals surface area contributed by atoms with Gasteiger partial charge in [-0.1, -0.05) is 60.2 Å². The summed E-state index contributed by atoms with van der Waals surface area (Å²) in [6.45, 7) is 22.7. The van der Waals surface area contributed by atoms with Gasteiger partial charge in [0.2, 0.25) is 0 Å². The summed E-state index contributed by atoms with van der Waals surface area (Å²) in [5.41, 5.74) is 3.43. The maximum Gasteiger partial charge on any atom is 0.264 e. The Kier molecular flexibility index (Phi) is 4.76. The summed E-state index contributed by atoms with van der Waals surface area (Å²) in [5, 5.41) is 0.534. The van der Waals surface area contributed by atoms with Gasteiger partial charge in [0, 0.05) is 0 Å². The van der Waals surface area contributed by atoms with Crippen LogP contribution < -0.4 is 0 Å². The van der Waals surface area contributed by atoms with Crippen molar-refractivity contribution >= 4 is 16.4 Å². The van der Waals surface area contributed by atoms with Gasteiger partial charge in [-0.25, -0.2) is 0 Å². The summed E-state index contributed by atoms with van der Waals surface area (Å²) in [6, 6.07) is 0. The molecule has 1 nitrogen and oxygen atoms in total. The molecule has 0 aliphatic heterocycles. The molecule has 0 spiro atoms. The number of rotatable bonds is 1. The summed E-state index contributed by atoms with van der Waals surface area (Å²) in [5.74, 6) is 0. The molecule has 0 heterocycles. The fourth-order valence-corrected chi connectivity index (χ4v) is 2.02. The van der Waals surface area contributed by atoms with Crippen molar-refractivity contribution in [3.63, 3.8) is 0 Å². The summed E-state index contributed by atoms with van der Waals surface area (Å²) in [4.78, 5) is 0. The molecule has 0 N–H and O–H groups in total. The highest BCUT2D eigenvalue weighted by Gasteiger charge is 2.39. The Morgan fingerprint density at radius 1 is 0.765 bits per heavy atom. The Bertz CT molecular complexity index is 319. The van der Waals surface area contributed by atoms with Crippen LogP contribution in [0.15, 0.2) is 0 Å². The second kappa shape index (κ2) is 4.81. The van der Waals surface area contributed by atoms with E-state index in [1.807, 2.05) is 0 Å². The van der Waals surface area contributed by atoms with Gasteiger partial charge in [-0.05, 0) is 23.2 Å². The molecule has 0 amide bonds. The van der Waals surface area contributed by atoms with Crippen LogP contribution in [0.25, 0.3) is 0 Å². The molecule has 0 aromatic carbocycles. The molecule has 0 radical (unpaired) electrons. The minimum atomic E-state index is -1.72. The first-order chi connectivity index (χ1) is 7.21. The third kappa shape index (κ3) is 4.52. The van der Waals surface area contributed by atoms with Crippen LogP contribution >= 0.6 is 0 Å². The SMILES string of the molecule is CC(C)(C)[Si](C)(C)C#CO[Si](C)(C)C(C)(C)C. The third-order valence-corrected chi connectivity index (χ3v) is 13.1. The molecule has 0 aliphatic carbocycles. The van der Waals surface area contributed by atoms with Gasteiger partial charge in [-0.2, -0.15) is 0 Å². The van der Waals surface area contributed by atoms with E-state index in [4.69, 9.17) is 4.43 Å². The van der Waals surface area contributed by atoms with Crippen molar-refractivity contribution in [3.8, 4) is 11.7 Å². The molecule has 0 aliphatic rings. The van der Waals surface area contributed by atoms with Crippen LogP contribution in [-0.2, 0) is 4.43 Å². The van der Waals surface area contributed by atoms with E-state index < -0.39 is 16.4 Å². The first-order valence-corrected chi connectivity index (χ1v) is 12.3. The van der Waals surface area contributed by atoms with Gasteiger partial charge in [0.05, 0.1) is 6.11 Å². The zero-order chi connectivity index (χ0) is 14.1. The average Bonchev–Trinajstić information content (AvgIpc) is 1.98. The predicted octanol–water partition coefficient (Wildman–Crippen LogP) is 5.02. The van der Waals surface area contributed by atoms with Gasteiger partial charge in [0.1, 0.15) is 8.07 Å². The highest BCUT2D eigenvalue weighted by molar-refractivity contribution is 6.87. The lowest BCUT2D eigenvalue weighted by Gasteiger charge is -2.34.